The maximum absolute atomic E-state index is 14.6. The van der Waals surface area contributed by atoms with Crippen LogP contribution in [0.3, 0.4) is 0 Å². The maximum Gasteiger partial charge on any atom is 0.435 e. The molecule has 4 nitrogen and oxygen atoms in total. The third-order valence-corrected chi connectivity index (χ3v) is 9.31. The summed E-state index contributed by atoms with van der Waals surface area (Å²) >= 11 is 0. The number of hydrogen-bond acceptors (Lipinski definition) is 4. The second-order valence-corrected chi connectivity index (χ2v) is 10.7. The number of nitrogens with one attached hydrogen (secondary N) is 1. The summed E-state index contributed by atoms with van der Waals surface area (Å²) in [7, 11) is -4.35. The zero-order chi connectivity index (χ0) is 25.3. The smallest absolute Gasteiger partial charge is 0.384 e. The minimum absolute atomic E-state index is 0.0775. The van der Waals surface area contributed by atoms with Crippen molar-refractivity contribution in [2.75, 3.05) is 11.9 Å². The first-order valence-corrected chi connectivity index (χ1v) is 11.5. The van der Waals surface area contributed by atoms with E-state index in [-0.39, 0.29) is 35.5 Å². The zero-order valence-corrected chi connectivity index (χ0v) is 18.0. The molecular formula is C21H18F8N2O2S. The van der Waals surface area contributed by atoms with Gasteiger partial charge in [-0.1, -0.05) is 12.1 Å². The van der Waals surface area contributed by atoms with Crippen molar-refractivity contribution < 1.29 is 43.5 Å². The van der Waals surface area contributed by atoms with Gasteiger partial charge in [0.1, 0.15) is 10.6 Å². The van der Waals surface area contributed by atoms with Crippen LogP contribution in [0.5, 0.6) is 0 Å². The first kappa shape index (κ1) is 24.7. The van der Waals surface area contributed by atoms with Crippen molar-refractivity contribution in [3.05, 3.63) is 59.4 Å². The Kier molecular flexibility index (Phi) is 5.48. The van der Waals surface area contributed by atoms with Gasteiger partial charge >= 0.3 is 18.0 Å². The number of benzene rings is 2. The molecule has 2 aliphatic rings. The molecule has 1 fully saturated rings. The quantitative estimate of drug-likeness (QED) is 0.450. The van der Waals surface area contributed by atoms with Crippen LogP contribution in [-0.2, 0) is 20.3 Å². The summed E-state index contributed by atoms with van der Waals surface area (Å²) in [5, 5.41) is 2.63. The molecule has 1 aliphatic carbocycles. The molecule has 0 amide bonds. The van der Waals surface area contributed by atoms with Crippen molar-refractivity contribution in [3.63, 3.8) is 0 Å². The molecule has 2 aromatic carbocycles. The van der Waals surface area contributed by atoms with E-state index in [0.29, 0.717) is 12.1 Å². The largest absolute Gasteiger partial charge is 0.435 e. The highest BCUT2D eigenvalue weighted by molar-refractivity contribution is 7.92. The number of anilines is 1. The van der Waals surface area contributed by atoms with Gasteiger partial charge in [-0.25, -0.2) is 17.2 Å². The fraction of sp³-hybridized carbons (Fsp3) is 0.429. The molecule has 2 aromatic rings. The molecule has 13 heteroatoms. The Morgan fingerprint density at radius 1 is 0.941 bits per heavy atom. The molecule has 1 aliphatic heterocycles. The SMILES string of the molecule is N[C@@H]1CC[C@@]2(S(=O)(=O)c3ccc(F)cc3)c3ccc(C(F)(C(F)(F)F)C(F)(F)F)cc3NC[C@@H]12. The minimum atomic E-state index is -6.32. The van der Waals surface area contributed by atoms with Gasteiger partial charge in [-0.15, -0.1) is 0 Å². The predicted octanol–water partition coefficient (Wildman–Crippen LogP) is 4.95. The van der Waals surface area contributed by atoms with E-state index < -0.39 is 55.9 Å². The van der Waals surface area contributed by atoms with Crippen molar-refractivity contribution >= 4 is 15.5 Å². The van der Waals surface area contributed by atoms with Crippen LogP contribution in [0.1, 0.15) is 24.0 Å². The number of sulfone groups is 1. The van der Waals surface area contributed by atoms with E-state index in [1.54, 1.807) is 0 Å². The van der Waals surface area contributed by atoms with Crippen LogP contribution >= 0.6 is 0 Å². The second-order valence-electron chi connectivity index (χ2n) is 8.45. The van der Waals surface area contributed by atoms with Gasteiger partial charge in [-0.05, 0) is 48.7 Å². The van der Waals surface area contributed by atoms with Crippen LogP contribution in [0.15, 0.2) is 47.4 Å². The van der Waals surface area contributed by atoms with E-state index in [4.69, 9.17) is 5.73 Å². The number of nitrogens with two attached hydrogens (primary N) is 1. The normalized spacial score (nSPS) is 25.4. The first-order chi connectivity index (χ1) is 15.6. The number of halogens is 8. The molecule has 0 spiro atoms. The van der Waals surface area contributed by atoms with Crippen LogP contribution in [-0.4, -0.2) is 33.4 Å². The van der Waals surface area contributed by atoms with Gasteiger partial charge in [0, 0.05) is 29.8 Å². The van der Waals surface area contributed by atoms with E-state index in [2.05, 4.69) is 5.32 Å². The molecule has 3 N–H and O–H groups in total. The lowest BCUT2D eigenvalue weighted by Gasteiger charge is -2.42. The van der Waals surface area contributed by atoms with Gasteiger partial charge in [0.25, 0.3) is 0 Å². The second kappa shape index (κ2) is 7.54. The number of alkyl halides is 7. The lowest BCUT2D eigenvalue weighted by molar-refractivity contribution is -0.348. The van der Waals surface area contributed by atoms with Crippen LogP contribution in [0, 0.1) is 11.7 Å². The maximum atomic E-state index is 14.6. The molecule has 4 rings (SSSR count). The van der Waals surface area contributed by atoms with Gasteiger partial charge in [0.15, 0.2) is 9.84 Å². The monoisotopic (exact) mass is 514 g/mol. The Balaban J connectivity index is 1.94. The third kappa shape index (κ3) is 3.23. The Morgan fingerprint density at radius 3 is 2.09 bits per heavy atom. The molecule has 3 atom stereocenters. The molecule has 0 aromatic heterocycles. The summed E-state index contributed by atoms with van der Waals surface area (Å²) in [6.07, 6.45) is -12.5. The van der Waals surface area contributed by atoms with Gasteiger partial charge in [0.05, 0.1) is 4.90 Å². The zero-order valence-electron chi connectivity index (χ0n) is 17.1. The summed E-state index contributed by atoms with van der Waals surface area (Å²) < 4.78 is 133. The summed E-state index contributed by atoms with van der Waals surface area (Å²) in [5.74, 6) is -1.49. The number of rotatable bonds is 3. The average molecular weight is 514 g/mol. The summed E-state index contributed by atoms with van der Waals surface area (Å²) in [6, 6.07) is 4.65. The fourth-order valence-electron chi connectivity index (χ4n) is 5.05. The van der Waals surface area contributed by atoms with E-state index in [0.717, 1.165) is 30.3 Å². The van der Waals surface area contributed by atoms with E-state index >= 15 is 0 Å². The number of hydrogen-bond donors (Lipinski definition) is 2. The Hall–Kier alpha value is -2.41. The number of fused-ring (bicyclic) bond motifs is 3. The summed E-state index contributed by atoms with van der Waals surface area (Å²) in [4.78, 5) is -0.282. The van der Waals surface area contributed by atoms with Crippen molar-refractivity contribution in [2.45, 2.75) is 46.5 Å². The predicted molar refractivity (Wildman–Crippen MR) is 106 cm³/mol. The molecule has 0 saturated heterocycles. The molecule has 0 unspecified atom stereocenters. The molecule has 0 radical (unpaired) electrons. The van der Waals surface area contributed by atoms with Crippen LogP contribution < -0.4 is 11.1 Å². The highest BCUT2D eigenvalue weighted by atomic mass is 32.2. The van der Waals surface area contributed by atoms with Gasteiger partial charge in [-0.2, -0.15) is 26.3 Å². The van der Waals surface area contributed by atoms with Crippen molar-refractivity contribution in [3.8, 4) is 0 Å². The van der Waals surface area contributed by atoms with Crippen molar-refractivity contribution in [1.82, 2.24) is 0 Å². The van der Waals surface area contributed by atoms with Crippen LogP contribution in [0.25, 0.3) is 0 Å². The lowest BCUT2D eigenvalue weighted by atomic mass is 9.80. The Labute approximate surface area is 189 Å². The van der Waals surface area contributed by atoms with Crippen molar-refractivity contribution in [2.24, 2.45) is 11.7 Å². The summed E-state index contributed by atoms with van der Waals surface area (Å²) in [5.41, 5.74) is -1.76. The molecular weight excluding hydrogens is 496 g/mol. The van der Waals surface area contributed by atoms with Crippen LogP contribution in [0.2, 0.25) is 0 Å². The van der Waals surface area contributed by atoms with E-state index in [1.165, 1.54) is 0 Å². The lowest BCUT2D eigenvalue weighted by Crippen LogP contribution is -2.52. The Morgan fingerprint density at radius 2 is 1.53 bits per heavy atom. The minimum Gasteiger partial charge on any atom is -0.384 e. The van der Waals surface area contributed by atoms with Gasteiger partial charge < -0.3 is 11.1 Å². The van der Waals surface area contributed by atoms with Gasteiger partial charge in [-0.3, -0.25) is 0 Å². The summed E-state index contributed by atoms with van der Waals surface area (Å²) in [6.45, 7) is -0.185. The third-order valence-electron chi connectivity index (χ3n) is 6.74. The fourth-order valence-corrected chi connectivity index (χ4v) is 7.47. The average Bonchev–Trinajstić information content (AvgIpc) is 3.10. The standard InChI is InChI=1S/C21H18F8N2O2S/c22-12-2-4-13(5-3-12)34(32,33)18-8-7-16(30)15(18)10-31-17-9-11(1-6-14(17)18)19(23,20(24,25)26)21(27,28)29/h1-6,9,15-16,31H,7-8,10,30H2/t15-,16+,18+/m0/s1. The topological polar surface area (TPSA) is 72.2 Å². The molecule has 1 heterocycles. The Bertz CT molecular complexity index is 1200. The molecule has 0 bridgehead atoms. The van der Waals surface area contributed by atoms with Crippen molar-refractivity contribution in [1.29, 1.82) is 0 Å². The van der Waals surface area contributed by atoms with Gasteiger partial charge in [0.2, 0.25) is 0 Å². The highest BCUT2D eigenvalue weighted by Crippen LogP contribution is 2.58. The van der Waals surface area contributed by atoms with E-state index in [9.17, 15) is 43.5 Å². The highest BCUT2D eigenvalue weighted by Gasteiger charge is 2.73. The molecule has 186 valence electrons. The first-order valence-electron chi connectivity index (χ1n) is 10.0. The van der Waals surface area contributed by atoms with Crippen LogP contribution in [0.4, 0.5) is 40.8 Å². The molecule has 1 saturated carbocycles. The molecule has 34 heavy (non-hydrogen) atoms. The van der Waals surface area contributed by atoms with E-state index in [1.807, 2.05) is 0 Å².